The summed E-state index contributed by atoms with van der Waals surface area (Å²) >= 11 is 0. The van der Waals surface area contributed by atoms with Gasteiger partial charge >= 0.3 is 0 Å². The minimum Gasteiger partial charge on any atom is -0.396 e. The van der Waals surface area contributed by atoms with Crippen LogP contribution in [0.15, 0.2) is 0 Å². The highest BCUT2D eigenvalue weighted by molar-refractivity contribution is 4.62. The van der Waals surface area contributed by atoms with Crippen molar-refractivity contribution in [3.63, 3.8) is 0 Å². The van der Waals surface area contributed by atoms with Crippen molar-refractivity contribution in [2.45, 2.75) is 143 Å². The molecule has 0 aromatic carbocycles. The molecule has 0 radical (unpaired) electrons. The second kappa shape index (κ2) is 25.9. The van der Waals surface area contributed by atoms with Crippen molar-refractivity contribution < 1.29 is 14.6 Å². The second-order valence-electron chi connectivity index (χ2n) is 9.24. The summed E-state index contributed by atoms with van der Waals surface area (Å²) in [5, 5.41) is 8.53. The average molecular weight is 425 g/mol. The monoisotopic (exact) mass is 424 g/mol. The molecule has 0 aliphatic rings. The Balaban J connectivity index is -0.0000000818. The molecule has 0 unspecified atom stereocenters. The van der Waals surface area contributed by atoms with Gasteiger partial charge in [-0.1, -0.05) is 90.5 Å². The molecule has 3 nitrogen and oxygen atoms in total. The first kappa shape index (κ1) is 42.9. The summed E-state index contributed by atoms with van der Waals surface area (Å²) in [6, 6.07) is 0. The van der Waals surface area contributed by atoms with Crippen molar-refractivity contribution in [3.05, 3.63) is 0 Å². The summed E-state index contributed by atoms with van der Waals surface area (Å²) in [6.45, 7) is 19.5. The summed E-state index contributed by atoms with van der Waals surface area (Å²) in [4.78, 5) is 0. The van der Waals surface area contributed by atoms with Gasteiger partial charge in [0, 0.05) is 19.8 Å². The number of ether oxygens (including phenoxy) is 2. The summed E-state index contributed by atoms with van der Waals surface area (Å²) in [5.41, 5.74) is 0.905. The maximum Gasteiger partial charge on any atom is 0.157 e. The highest BCUT2D eigenvalue weighted by atomic mass is 16.7. The molecule has 0 aromatic rings. The van der Waals surface area contributed by atoms with Crippen LogP contribution in [-0.4, -0.2) is 31.2 Å². The van der Waals surface area contributed by atoms with E-state index in [1.807, 2.05) is 13.8 Å². The Morgan fingerprint density at radius 3 is 1.34 bits per heavy atom. The molecule has 0 heterocycles. The molecule has 0 rings (SSSR count). The predicted octanol–water partition coefficient (Wildman–Crippen LogP) is 9.12. The minimum atomic E-state index is 0. The van der Waals surface area contributed by atoms with Crippen LogP contribution in [0.5, 0.6) is 0 Å². The van der Waals surface area contributed by atoms with Crippen LogP contribution in [0.4, 0.5) is 0 Å². The molecule has 0 fully saturated rings. The van der Waals surface area contributed by atoms with Crippen molar-refractivity contribution in [2.24, 2.45) is 10.8 Å². The molecule has 1 N–H and O–H groups in total. The third kappa shape index (κ3) is 42.8. The Labute approximate surface area is 188 Å². The summed E-state index contributed by atoms with van der Waals surface area (Å²) in [5.74, 6) is 0. The van der Waals surface area contributed by atoms with Gasteiger partial charge in [-0.05, 0) is 56.8 Å². The van der Waals surface area contributed by atoms with Gasteiger partial charge in [-0.2, -0.15) is 0 Å². The first-order valence-electron chi connectivity index (χ1n) is 10.4. The zero-order chi connectivity index (χ0) is 19.8. The maximum absolute atomic E-state index is 8.53. The number of hydrogen-bond acceptors (Lipinski definition) is 3. The van der Waals surface area contributed by atoms with E-state index in [0.29, 0.717) is 17.4 Å². The fraction of sp³-hybridized carbons (Fsp3) is 1.00. The van der Waals surface area contributed by atoms with E-state index in [2.05, 4.69) is 41.5 Å². The first-order chi connectivity index (χ1) is 11.6. The van der Waals surface area contributed by atoms with E-state index in [4.69, 9.17) is 14.6 Å². The fourth-order valence-electron chi connectivity index (χ4n) is 2.51. The first-order valence-corrected chi connectivity index (χ1v) is 10.4. The minimum absolute atomic E-state index is 0. The quantitative estimate of drug-likeness (QED) is 0.251. The van der Waals surface area contributed by atoms with Crippen LogP contribution in [0.3, 0.4) is 0 Å². The van der Waals surface area contributed by atoms with Gasteiger partial charge in [0.2, 0.25) is 0 Å². The normalized spacial score (nSPS) is 10.6. The van der Waals surface area contributed by atoms with Crippen LogP contribution in [0.25, 0.3) is 0 Å². The van der Waals surface area contributed by atoms with E-state index in [-0.39, 0.29) is 36.0 Å². The molecule has 0 aliphatic heterocycles. The highest BCUT2D eigenvalue weighted by Crippen LogP contribution is 2.23. The van der Waals surface area contributed by atoms with Gasteiger partial charge < -0.3 is 14.6 Å². The lowest BCUT2D eigenvalue weighted by molar-refractivity contribution is -0.140. The standard InChI is InChI=1S/C12H26O2.C10H22O.4CH4/c1-6-13-11(14-7-2)9-8-10-12(3,4)5;1-10(2,3)8-6-4-5-7-9-11;;;;/h11H,6-10H2,1-5H3;11H,4-9H2,1-3H3;4*1H4. The van der Waals surface area contributed by atoms with Crippen LogP contribution >= 0.6 is 0 Å². The van der Waals surface area contributed by atoms with Crippen molar-refractivity contribution in [3.8, 4) is 0 Å². The molecule has 0 atom stereocenters. The number of rotatable bonds is 12. The van der Waals surface area contributed by atoms with Crippen molar-refractivity contribution in [1.29, 1.82) is 0 Å². The Morgan fingerprint density at radius 2 is 1.00 bits per heavy atom. The van der Waals surface area contributed by atoms with Crippen LogP contribution in [-0.2, 0) is 9.47 Å². The highest BCUT2D eigenvalue weighted by Gasteiger charge is 2.13. The Kier molecular flexibility index (Phi) is 38.3. The van der Waals surface area contributed by atoms with Gasteiger partial charge in [0.25, 0.3) is 0 Å². The van der Waals surface area contributed by atoms with Crippen LogP contribution < -0.4 is 0 Å². The average Bonchev–Trinajstić information content (AvgIpc) is 2.46. The zero-order valence-electron chi connectivity index (χ0n) is 18.6. The molecule has 0 spiro atoms. The topological polar surface area (TPSA) is 38.7 Å². The largest absolute Gasteiger partial charge is 0.396 e. The zero-order valence-corrected chi connectivity index (χ0v) is 18.6. The second-order valence-corrected chi connectivity index (χ2v) is 9.24. The number of hydrogen-bond donors (Lipinski definition) is 1. The lowest BCUT2D eigenvalue weighted by Gasteiger charge is -2.21. The third-order valence-electron chi connectivity index (χ3n) is 3.91. The Hall–Kier alpha value is -0.120. The smallest absolute Gasteiger partial charge is 0.157 e. The van der Waals surface area contributed by atoms with E-state index in [9.17, 15) is 0 Å². The van der Waals surface area contributed by atoms with Gasteiger partial charge in [0.1, 0.15) is 0 Å². The van der Waals surface area contributed by atoms with E-state index >= 15 is 0 Å². The maximum atomic E-state index is 8.53. The molecule has 0 aromatic heterocycles. The van der Waals surface area contributed by atoms with E-state index in [1.54, 1.807) is 0 Å². The van der Waals surface area contributed by atoms with Gasteiger partial charge in [-0.3, -0.25) is 0 Å². The molecule has 29 heavy (non-hydrogen) atoms. The lowest BCUT2D eigenvalue weighted by Crippen LogP contribution is -2.18. The fourth-order valence-corrected chi connectivity index (χ4v) is 2.51. The number of unbranched alkanes of at least 4 members (excludes halogenated alkanes) is 3. The summed E-state index contributed by atoms with van der Waals surface area (Å²) in [6.07, 6.45) is 9.47. The summed E-state index contributed by atoms with van der Waals surface area (Å²) in [7, 11) is 0. The van der Waals surface area contributed by atoms with Crippen LogP contribution in [0, 0.1) is 10.8 Å². The molecular weight excluding hydrogens is 360 g/mol. The van der Waals surface area contributed by atoms with Crippen molar-refractivity contribution in [1.82, 2.24) is 0 Å². The Morgan fingerprint density at radius 1 is 0.621 bits per heavy atom. The lowest BCUT2D eigenvalue weighted by atomic mass is 9.89. The third-order valence-corrected chi connectivity index (χ3v) is 3.91. The van der Waals surface area contributed by atoms with Crippen molar-refractivity contribution >= 4 is 0 Å². The molecular formula is C26H64O3. The molecule has 0 aliphatic carbocycles. The van der Waals surface area contributed by atoms with Crippen LogP contribution in [0.2, 0.25) is 0 Å². The van der Waals surface area contributed by atoms with E-state index in [0.717, 1.165) is 26.1 Å². The van der Waals surface area contributed by atoms with E-state index < -0.39 is 0 Å². The van der Waals surface area contributed by atoms with Gasteiger partial charge in [0.15, 0.2) is 6.29 Å². The van der Waals surface area contributed by atoms with Gasteiger partial charge in [-0.25, -0.2) is 0 Å². The number of aliphatic hydroxyl groups excluding tert-OH is 1. The summed E-state index contributed by atoms with van der Waals surface area (Å²) < 4.78 is 10.9. The molecule has 186 valence electrons. The SMILES string of the molecule is C.C.C.C.CC(C)(C)CCCCCCO.CCOC(CCCC(C)(C)C)OCC. The molecule has 0 saturated heterocycles. The molecule has 0 bridgehead atoms. The molecule has 0 saturated carbocycles. The molecule has 0 amide bonds. The molecule has 3 heteroatoms. The van der Waals surface area contributed by atoms with E-state index in [1.165, 1.54) is 38.5 Å². The predicted molar refractivity (Wildman–Crippen MR) is 137 cm³/mol. The van der Waals surface area contributed by atoms with Gasteiger partial charge in [0.05, 0.1) is 0 Å². The van der Waals surface area contributed by atoms with Gasteiger partial charge in [-0.15, -0.1) is 0 Å². The van der Waals surface area contributed by atoms with Crippen LogP contribution in [0.1, 0.15) is 136 Å². The Bertz CT molecular complexity index is 258. The number of aliphatic hydroxyl groups is 1. The van der Waals surface area contributed by atoms with Crippen molar-refractivity contribution in [2.75, 3.05) is 19.8 Å².